The Hall–Kier alpha value is -1.78. The minimum absolute atomic E-state index is 0.0258. The van der Waals surface area contributed by atoms with E-state index in [-0.39, 0.29) is 29.7 Å². The van der Waals surface area contributed by atoms with Gasteiger partial charge in [0.25, 0.3) is 0 Å². The van der Waals surface area contributed by atoms with E-state index in [0.717, 1.165) is 34.8 Å². The number of pyridine rings is 1. The van der Waals surface area contributed by atoms with Crippen LogP contribution in [0.5, 0.6) is 0 Å². The van der Waals surface area contributed by atoms with Crippen LogP contribution < -0.4 is 0 Å². The Morgan fingerprint density at radius 2 is 1.93 bits per heavy atom. The number of aryl methyl sites for hydroxylation is 1. The van der Waals surface area contributed by atoms with Gasteiger partial charge in [-0.05, 0) is 65.2 Å². The van der Waals surface area contributed by atoms with E-state index in [4.69, 9.17) is 0 Å². The lowest BCUT2D eigenvalue weighted by molar-refractivity contribution is -0.122. The van der Waals surface area contributed by atoms with Gasteiger partial charge in [-0.2, -0.15) is 4.31 Å². The molecule has 0 aliphatic carbocycles. The highest BCUT2D eigenvalue weighted by Crippen LogP contribution is 2.34. The number of ketones is 1. The highest BCUT2D eigenvalue weighted by Gasteiger charge is 2.48. The number of Topliss-reactive ketones (excluding diaryl/α,β-unsaturated/α-hetero) is 1. The third-order valence-electron chi connectivity index (χ3n) is 4.98. The summed E-state index contributed by atoms with van der Waals surface area (Å²) < 4.78 is 68.6. The third kappa shape index (κ3) is 4.54. The minimum atomic E-state index is -4.22. The number of carbonyl (C=O) groups excluding carboxylic acids is 1. The summed E-state index contributed by atoms with van der Waals surface area (Å²) in [5.41, 5.74) is 0.246. The molecule has 0 radical (unpaired) electrons. The van der Waals surface area contributed by atoms with Crippen LogP contribution in [-0.4, -0.2) is 41.7 Å². The van der Waals surface area contributed by atoms with Crippen molar-refractivity contribution in [3.05, 3.63) is 58.3 Å². The number of halogens is 4. The smallest absolute Gasteiger partial charge is 0.244 e. The van der Waals surface area contributed by atoms with Crippen LogP contribution in [-0.2, 0) is 21.2 Å². The maximum atomic E-state index is 14.4. The summed E-state index contributed by atoms with van der Waals surface area (Å²) in [6, 6.07) is 3.31. The Labute approximate surface area is 175 Å². The molecule has 2 heterocycles. The van der Waals surface area contributed by atoms with E-state index >= 15 is 0 Å². The van der Waals surface area contributed by atoms with Crippen molar-refractivity contribution in [1.82, 2.24) is 9.29 Å². The average Bonchev–Trinajstić information content (AvgIpc) is 2.98. The molecule has 0 spiro atoms. The molecule has 1 fully saturated rings. The molecule has 3 rings (SSSR count). The van der Waals surface area contributed by atoms with E-state index < -0.39 is 45.7 Å². The van der Waals surface area contributed by atoms with Gasteiger partial charge in [0.2, 0.25) is 10.0 Å². The molecule has 0 bridgehead atoms. The van der Waals surface area contributed by atoms with Crippen molar-refractivity contribution >= 4 is 31.7 Å². The molecule has 0 N–H and O–H groups in total. The van der Waals surface area contributed by atoms with Crippen LogP contribution in [0.25, 0.3) is 0 Å². The van der Waals surface area contributed by atoms with Crippen molar-refractivity contribution in [3.8, 4) is 0 Å². The Balaban J connectivity index is 1.83. The van der Waals surface area contributed by atoms with E-state index in [0.29, 0.717) is 4.60 Å². The maximum Gasteiger partial charge on any atom is 0.244 e. The van der Waals surface area contributed by atoms with E-state index in [1.54, 1.807) is 0 Å². The number of nitrogens with zero attached hydrogens (tertiary/aromatic N) is 2. The monoisotopic (exact) mass is 490 g/mol. The van der Waals surface area contributed by atoms with Gasteiger partial charge < -0.3 is 0 Å². The van der Waals surface area contributed by atoms with Crippen molar-refractivity contribution in [3.63, 3.8) is 0 Å². The zero-order valence-electron chi connectivity index (χ0n) is 15.4. The van der Waals surface area contributed by atoms with Crippen molar-refractivity contribution in [2.45, 2.75) is 49.3 Å². The Morgan fingerprint density at radius 1 is 1.28 bits per heavy atom. The fraction of sp³-hybridized carbons (Fsp3) is 0.368. The first-order valence-electron chi connectivity index (χ1n) is 8.87. The van der Waals surface area contributed by atoms with Crippen LogP contribution in [0, 0.1) is 11.6 Å². The second-order valence-corrected chi connectivity index (χ2v) is 9.52. The standard InChI is InChI=1S/C19H18BrF3N2O3S/c1-11-15(22)9-17(18(26)7-2-12-8-19(20)24-10-16(12)23)25(11)29(27,28)14-5-3-13(21)4-6-14/h3-6,8,10-11,15,17H,2,7,9H2,1H3/t11-,15+,17-/m0/s1. The highest BCUT2D eigenvalue weighted by atomic mass is 79.9. The number of sulfonamides is 1. The van der Waals surface area contributed by atoms with Gasteiger partial charge in [0.1, 0.15) is 22.4 Å². The van der Waals surface area contributed by atoms with Crippen molar-refractivity contribution < 1.29 is 26.4 Å². The van der Waals surface area contributed by atoms with Gasteiger partial charge in [-0.25, -0.2) is 26.6 Å². The second kappa shape index (κ2) is 8.53. The van der Waals surface area contributed by atoms with Crippen LogP contribution in [0.3, 0.4) is 0 Å². The molecule has 3 atom stereocenters. The largest absolute Gasteiger partial charge is 0.298 e. The Kier molecular flexibility index (Phi) is 6.45. The summed E-state index contributed by atoms with van der Waals surface area (Å²) >= 11 is 3.13. The molecule has 0 saturated carbocycles. The summed E-state index contributed by atoms with van der Waals surface area (Å²) in [6.45, 7) is 1.39. The summed E-state index contributed by atoms with van der Waals surface area (Å²) in [4.78, 5) is 16.3. The molecular weight excluding hydrogens is 473 g/mol. The normalized spacial score (nSPS) is 22.7. The fourth-order valence-corrected chi connectivity index (χ4v) is 5.62. The zero-order valence-corrected chi connectivity index (χ0v) is 17.8. The predicted molar refractivity (Wildman–Crippen MR) is 103 cm³/mol. The van der Waals surface area contributed by atoms with Gasteiger partial charge in [0.05, 0.1) is 23.2 Å². The minimum Gasteiger partial charge on any atom is -0.298 e. The topological polar surface area (TPSA) is 67.3 Å². The lowest BCUT2D eigenvalue weighted by atomic mass is 10.0. The quantitative estimate of drug-likeness (QED) is 0.577. The zero-order chi connectivity index (χ0) is 21.3. The molecule has 29 heavy (non-hydrogen) atoms. The number of hydrogen-bond acceptors (Lipinski definition) is 4. The molecule has 2 aromatic rings. The molecule has 5 nitrogen and oxygen atoms in total. The van der Waals surface area contributed by atoms with E-state index in [1.165, 1.54) is 13.0 Å². The number of alkyl halides is 1. The summed E-state index contributed by atoms with van der Waals surface area (Å²) in [5.74, 6) is -1.70. The van der Waals surface area contributed by atoms with Crippen molar-refractivity contribution in [1.29, 1.82) is 0 Å². The molecule has 156 valence electrons. The highest BCUT2D eigenvalue weighted by molar-refractivity contribution is 9.10. The maximum absolute atomic E-state index is 14.4. The second-order valence-electron chi connectivity index (χ2n) is 6.86. The molecule has 0 amide bonds. The molecule has 1 aliphatic rings. The lowest BCUT2D eigenvalue weighted by Crippen LogP contribution is -2.44. The molecule has 1 aromatic carbocycles. The van der Waals surface area contributed by atoms with Crippen LogP contribution >= 0.6 is 15.9 Å². The van der Waals surface area contributed by atoms with E-state index in [1.807, 2.05) is 0 Å². The summed E-state index contributed by atoms with van der Waals surface area (Å²) in [5, 5.41) is 0. The molecule has 10 heteroatoms. The van der Waals surface area contributed by atoms with E-state index in [2.05, 4.69) is 20.9 Å². The summed E-state index contributed by atoms with van der Waals surface area (Å²) in [7, 11) is -4.22. The first-order chi connectivity index (χ1) is 13.6. The molecular formula is C19H18BrF3N2O3S. The number of carbonyl (C=O) groups is 1. The van der Waals surface area contributed by atoms with Gasteiger partial charge >= 0.3 is 0 Å². The fourth-order valence-electron chi connectivity index (χ4n) is 3.41. The summed E-state index contributed by atoms with van der Waals surface area (Å²) in [6.07, 6.45) is -0.913. The number of benzene rings is 1. The SMILES string of the molecule is C[C@H]1[C@H](F)C[C@@H](C(=O)CCc2cc(Br)ncc2F)N1S(=O)(=O)c1ccc(F)cc1. The van der Waals surface area contributed by atoms with Gasteiger partial charge in [0, 0.05) is 12.8 Å². The lowest BCUT2D eigenvalue weighted by Gasteiger charge is -2.26. The predicted octanol–water partition coefficient (Wildman–Crippen LogP) is 3.81. The van der Waals surface area contributed by atoms with Gasteiger partial charge in [-0.15, -0.1) is 0 Å². The van der Waals surface area contributed by atoms with Crippen molar-refractivity contribution in [2.75, 3.05) is 0 Å². The Morgan fingerprint density at radius 3 is 2.59 bits per heavy atom. The first kappa shape index (κ1) is 21.9. The first-order valence-corrected chi connectivity index (χ1v) is 11.1. The van der Waals surface area contributed by atoms with Crippen LogP contribution in [0.2, 0.25) is 0 Å². The Bertz CT molecular complexity index is 1020. The van der Waals surface area contributed by atoms with Gasteiger partial charge in [-0.1, -0.05) is 0 Å². The van der Waals surface area contributed by atoms with Crippen molar-refractivity contribution in [2.24, 2.45) is 0 Å². The molecule has 1 aromatic heterocycles. The van der Waals surface area contributed by atoms with Crippen LogP contribution in [0.15, 0.2) is 46.0 Å². The van der Waals surface area contributed by atoms with Crippen LogP contribution in [0.4, 0.5) is 13.2 Å². The van der Waals surface area contributed by atoms with E-state index in [9.17, 15) is 26.4 Å². The molecule has 0 unspecified atom stereocenters. The number of hydrogen-bond donors (Lipinski definition) is 0. The van der Waals surface area contributed by atoms with Gasteiger partial charge in [0.15, 0.2) is 5.78 Å². The van der Waals surface area contributed by atoms with Crippen LogP contribution in [0.1, 0.15) is 25.3 Å². The number of aromatic nitrogens is 1. The van der Waals surface area contributed by atoms with Gasteiger partial charge in [-0.3, -0.25) is 4.79 Å². The molecule has 1 aliphatic heterocycles. The number of rotatable bonds is 6. The third-order valence-corrected chi connectivity index (χ3v) is 7.43. The average molecular weight is 491 g/mol. The molecule has 1 saturated heterocycles.